The third-order valence-corrected chi connectivity index (χ3v) is 5.61. The van der Waals surface area contributed by atoms with Gasteiger partial charge in [-0.3, -0.25) is 9.59 Å². The Morgan fingerprint density at radius 1 is 1.07 bits per heavy atom. The minimum atomic E-state index is -0.474. The predicted molar refractivity (Wildman–Crippen MR) is 121 cm³/mol. The highest BCUT2D eigenvalue weighted by atomic mass is 32.2. The van der Waals surface area contributed by atoms with Crippen molar-refractivity contribution in [2.75, 3.05) is 12.3 Å². The quantitative estimate of drug-likeness (QED) is 0.577. The van der Waals surface area contributed by atoms with E-state index in [4.69, 9.17) is 0 Å². The SMILES string of the molecule is CC[C@@H](C(=O)NCC(C)C)N(Cc1cccc(C)c1)C(=O)CSc1ccccc1. The van der Waals surface area contributed by atoms with Crippen LogP contribution in [0.2, 0.25) is 0 Å². The van der Waals surface area contributed by atoms with E-state index in [1.165, 1.54) is 11.8 Å². The number of rotatable bonds is 10. The largest absolute Gasteiger partial charge is 0.354 e. The fourth-order valence-electron chi connectivity index (χ4n) is 3.09. The Bertz CT molecular complexity index is 792. The van der Waals surface area contributed by atoms with Crippen molar-refractivity contribution in [1.82, 2.24) is 10.2 Å². The average Bonchev–Trinajstić information content (AvgIpc) is 2.71. The minimum absolute atomic E-state index is 0.0214. The highest BCUT2D eigenvalue weighted by molar-refractivity contribution is 8.00. The Morgan fingerprint density at radius 3 is 2.41 bits per heavy atom. The van der Waals surface area contributed by atoms with E-state index in [2.05, 4.69) is 25.2 Å². The molecule has 156 valence electrons. The molecule has 2 aromatic rings. The summed E-state index contributed by atoms with van der Waals surface area (Å²) in [5.41, 5.74) is 2.18. The van der Waals surface area contributed by atoms with Gasteiger partial charge in [-0.25, -0.2) is 0 Å². The van der Waals surface area contributed by atoms with Gasteiger partial charge in [0.05, 0.1) is 5.75 Å². The zero-order valence-corrected chi connectivity index (χ0v) is 18.7. The summed E-state index contributed by atoms with van der Waals surface area (Å²) in [5.74, 6) is 0.578. The molecule has 0 aliphatic carbocycles. The van der Waals surface area contributed by atoms with Crippen molar-refractivity contribution in [3.8, 4) is 0 Å². The molecule has 0 saturated carbocycles. The summed E-state index contributed by atoms with van der Waals surface area (Å²) in [7, 11) is 0. The highest BCUT2D eigenvalue weighted by Gasteiger charge is 2.28. The number of nitrogens with one attached hydrogen (secondary N) is 1. The molecule has 0 fully saturated rings. The van der Waals surface area contributed by atoms with Crippen LogP contribution in [0.1, 0.15) is 38.3 Å². The van der Waals surface area contributed by atoms with Crippen molar-refractivity contribution in [2.24, 2.45) is 5.92 Å². The number of benzene rings is 2. The van der Waals surface area contributed by atoms with Crippen LogP contribution in [0.4, 0.5) is 0 Å². The molecule has 4 nitrogen and oxygen atoms in total. The standard InChI is InChI=1S/C24H32N2O2S/c1-5-22(24(28)25-15-18(2)3)26(16-20-11-9-10-19(4)14-20)23(27)17-29-21-12-7-6-8-13-21/h6-14,18,22H,5,15-17H2,1-4H3,(H,25,28)/t22-/m0/s1. The van der Waals surface area contributed by atoms with Crippen molar-refractivity contribution in [3.05, 3.63) is 65.7 Å². The average molecular weight is 413 g/mol. The maximum Gasteiger partial charge on any atom is 0.242 e. The van der Waals surface area contributed by atoms with Crippen molar-refractivity contribution >= 4 is 23.6 Å². The van der Waals surface area contributed by atoms with Gasteiger partial charge in [0.2, 0.25) is 11.8 Å². The molecule has 0 unspecified atom stereocenters. The van der Waals surface area contributed by atoms with Crippen LogP contribution in [-0.4, -0.2) is 35.1 Å². The van der Waals surface area contributed by atoms with E-state index in [-0.39, 0.29) is 11.8 Å². The van der Waals surface area contributed by atoms with Crippen molar-refractivity contribution in [2.45, 2.75) is 51.6 Å². The van der Waals surface area contributed by atoms with Crippen molar-refractivity contribution < 1.29 is 9.59 Å². The van der Waals surface area contributed by atoms with Crippen LogP contribution in [0, 0.1) is 12.8 Å². The van der Waals surface area contributed by atoms with Gasteiger partial charge in [-0.2, -0.15) is 0 Å². The summed E-state index contributed by atoms with van der Waals surface area (Å²) in [6, 6.07) is 17.5. The number of thioether (sulfide) groups is 1. The van der Waals surface area contributed by atoms with Crippen molar-refractivity contribution in [1.29, 1.82) is 0 Å². The first-order chi connectivity index (χ1) is 13.9. The Morgan fingerprint density at radius 2 is 1.79 bits per heavy atom. The Kier molecular flexibility index (Phi) is 9.26. The van der Waals surface area contributed by atoms with Crippen LogP contribution in [0.15, 0.2) is 59.5 Å². The van der Waals surface area contributed by atoms with Crippen LogP contribution < -0.4 is 5.32 Å². The second-order valence-corrected chi connectivity index (χ2v) is 8.72. The van der Waals surface area contributed by atoms with Crippen LogP contribution in [-0.2, 0) is 16.1 Å². The van der Waals surface area contributed by atoms with Gasteiger partial charge < -0.3 is 10.2 Å². The van der Waals surface area contributed by atoms with E-state index in [1.807, 2.05) is 62.4 Å². The molecule has 1 N–H and O–H groups in total. The Labute approximate surface area is 179 Å². The van der Waals surface area contributed by atoms with Gasteiger partial charge in [-0.1, -0.05) is 68.8 Å². The summed E-state index contributed by atoms with van der Waals surface area (Å²) < 4.78 is 0. The van der Waals surface area contributed by atoms with E-state index in [0.29, 0.717) is 31.2 Å². The first kappa shape index (κ1) is 23.0. The van der Waals surface area contributed by atoms with E-state index in [9.17, 15) is 9.59 Å². The summed E-state index contributed by atoms with van der Waals surface area (Å²) in [4.78, 5) is 28.8. The second-order valence-electron chi connectivity index (χ2n) is 7.68. The van der Waals surface area contributed by atoms with Gasteiger partial charge in [0.1, 0.15) is 6.04 Å². The molecule has 0 aliphatic heterocycles. The zero-order valence-electron chi connectivity index (χ0n) is 17.9. The molecule has 5 heteroatoms. The molecule has 0 heterocycles. The minimum Gasteiger partial charge on any atom is -0.354 e. The van der Waals surface area contributed by atoms with Crippen LogP contribution in [0.25, 0.3) is 0 Å². The number of hydrogen-bond acceptors (Lipinski definition) is 3. The number of hydrogen-bond donors (Lipinski definition) is 1. The summed E-state index contributed by atoms with van der Waals surface area (Å²) in [5, 5.41) is 3.00. The van der Waals surface area contributed by atoms with E-state index in [0.717, 1.165) is 16.0 Å². The molecule has 0 radical (unpaired) electrons. The van der Waals surface area contributed by atoms with Gasteiger partial charge in [0, 0.05) is 18.0 Å². The van der Waals surface area contributed by atoms with E-state index < -0.39 is 6.04 Å². The number of carbonyl (C=O) groups is 2. The Balaban J connectivity index is 2.18. The monoisotopic (exact) mass is 412 g/mol. The van der Waals surface area contributed by atoms with Crippen LogP contribution in [0.3, 0.4) is 0 Å². The third-order valence-electron chi connectivity index (χ3n) is 4.61. The molecule has 2 rings (SSSR count). The molecule has 0 aromatic heterocycles. The smallest absolute Gasteiger partial charge is 0.242 e. The molecule has 0 bridgehead atoms. The highest BCUT2D eigenvalue weighted by Crippen LogP contribution is 2.20. The van der Waals surface area contributed by atoms with Gasteiger partial charge in [-0.05, 0) is 37.0 Å². The number of aryl methyl sites for hydroxylation is 1. The molecule has 0 aliphatic rings. The van der Waals surface area contributed by atoms with Gasteiger partial charge in [0.15, 0.2) is 0 Å². The summed E-state index contributed by atoms with van der Waals surface area (Å²) in [6.07, 6.45) is 0.581. The van der Waals surface area contributed by atoms with Gasteiger partial charge in [0.25, 0.3) is 0 Å². The third kappa shape index (κ3) is 7.58. The van der Waals surface area contributed by atoms with Crippen molar-refractivity contribution in [3.63, 3.8) is 0 Å². The van der Waals surface area contributed by atoms with Gasteiger partial charge in [-0.15, -0.1) is 11.8 Å². The van der Waals surface area contributed by atoms with Crippen LogP contribution >= 0.6 is 11.8 Å². The fourth-order valence-corrected chi connectivity index (χ4v) is 3.90. The first-order valence-corrected chi connectivity index (χ1v) is 11.2. The number of carbonyl (C=O) groups excluding carboxylic acids is 2. The topological polar surface area (TPSA) is 49.4 Å². The lowest BCUT2D eigenvalue weighted by Crippen LogP contribution is -2.50. The van der Waals surface area contributed by atoms with E-state index >= 15 is 0 Å². The molecule has 0 spiro atoms. The second kappa shape index (κ2) is 11.7. The predicted octanol–water partition coefficient (Wildman–Crippen LogP) is 4.67. The maximum atomic E-state index is 13.2. The van der Waals surface area contributed by atoms with E-state index in [1.54, 1.807) is 4.90 Å². The summed E-state index contributed by atoms with van der Waals surface area (Å²) >= 11 is 1.51. The number of nitrogens with zero attached hydrogens (tertiary/aromatic N) is 1. The van der Waals surface area contributed by atoms with Gasteiger partial charge >= 0.3 is 0 Å². The first-order valence-electron chi connectivity index (χ1n) is 10.2. The maximum absolute atomic E-state index is 13.2. The lowest BCUT2D eigenvalue weighted by atomic mass is 10.1. The lowest BCUT2D eigenvalue weighted by molar-refractivity contribution is -0.139. The molecular formula is C24H32N2O2S. The molecular weight excluding hydrogens is 380 g/mol. The molecule has 2 amide bonds. The molecule has 1 atom stereocenters. The number of amides is 2. The summed E-state index contributed by atoms with van der Waals surface area (Å²) in [6.45, 7) is 9.17. The molecule has 29 heavy (non-hydrogen) atoms. The molecule has 2 aromatic carbocycles. The Hall–Kier alpha value is -2.27. The molecule has 0 saturated heterocycles. The fraction of sp³-hybridized carbons (Fsp3) is 0.417. The lowest BCUT2D eigenvalue weighted by Gasteiger charge is -2.31. The van der Waals surface area contributed by atoms with Crippen LogP contribution in [0.5, 0.6) is 0 Å². The zero-order chi connectivity index (χ0) is 21.2. The normalized spacial score (nSPS) is 11.9.